The van der Waals surface area contributed by atoms with Crippen molar-refractivity contribution in [2.45, 2.75) is 20.8 Å². The molecule has 0 aliphatic rings. The van der Waals surface area contributed by atoms with E-state index in [0.29, 0.717) is 23.5 Å². The fourth-order valence-electron chi connectivity index (χ4n) is 1.85. The molecule has 6 heteroatoms. The minimum absolute atomic E-state index is 0.142. The molecule has 0 spiro atoms. The van der Waals surface area contributed by atoms with Gasteiger partial charge in [-0.2, -0.15) is 5.26 Å². The number of hydrogen-bond donors (Lipinski definition) is 1. The van der Waals surface area contributed by atoms with Gasteiger partial charge in [0.25, 0.3) is 0 Å². The van der Waals surface area contributed by atoms with Gasteiger partial charge >= 0.3 is 0 Å². The molecule has 0 aromatic rings. The Morgan fingerprint density at radius 1 is 1.42 bits per heavy atom. The van der Waals surface area contributed by atoms with Gasteiger partial charge < -0.3 is 9.64 Å². The van der Waals surface area contributed by atoms with Crippen molar-refractivity contribution >= 4 is 11.7 Å². The topological polar surface area (TPSA) is 72.5 Å². The van der Waals surface area contributed by atoms with Gasteiger partial charge in [-0.25, -0.2) is 4.39 Å². The number of allylic oxidation sites excluding steroid dienone is 4. The highest BCUT2D eigenvalue weighted by Gasteiger charge is 2.15. The number of likely N-dealkylation sites (N-methyl/N-ethyl adjacent to an activating group) is 1. The van der Waals surface area contributed by atoms with Crippen LogP contribution in [0.25, 0.3) is 0 Å². The van der Waals surface area contributed by atoms with Crippen LogP contribution >= 0.6 is 0 Å². The van der Waals surface area contributed by atoms with Crippen LogP contribution in [-0.4, -0.2) is 30.2 Å². The number of ether oxygens (including phenoxy) is 1. The number of rotatable bonds is 8. The fraction of sp³-hybridized carbons (Fsp3) is 0.250. The van der Waals surface area contributed by atoms with E-state index in [1.54, 1.807) is 31.1 Å². The molecule has 0 amide bonds. The number of aliphatic imine (C=N–C) groups is 1. The molecule has 5 nitrogen and oxygen atoms in total. The van der Waals surface area contributed by atoms with Crippen LogP contribution in [0.4, 0.5) is 4.39 Å². The summed E-state index contributed by atoms with van der Waals surface area (Å²) in [5.41, 5.74) is 0.888. The second kappa shape index (κ2) is 11.4. The molecule has 26 heavy (non-hydrogen) atoms. The highest BCUT2D eigenvalue weighted by atomic mass is 19.1. The van der Waals surface area contributed by atoms with E-state index in [9.17, 15) is 4.39 Å². The monoisotopic (exact) mass is 356 g/mol. The number of nitriles is 1. The lowest BCUT2D eigenvalue weighted by atomic mass is 10.1. The van der Waals surface area contributed by atoms with Crippen molar-refractivity contribution < 1.29 is 9.13 Å². The van der Waals surface area contributed by atoms with Crippen LogP contribution in [0.3, 0.4) is 0 Å². The largest absolute Gasteiger partial charge is 0.438 e. The molecule has 0 heterocycles. The lowest BCUT2D eigenvalue weighted by Crippen LogP contribution is -2.24. The molecule has 0 atom stereocenters. The molecular formula is C20H25FN4O. The molecule has 1 N–H and O–H groups in total. The van der Waals surface area contributed by atoms with Crippen LogP contribution in [0.5, 0.6) is 0 Å². The first kappa shape index (κ1) is 22.8. The summed E-state index contributed by atoms with van der Waals surface area (Å²) in [6.07, 6.45) is 5.31. The van der Waals surface area contributed by atoms with Gasteiger partial charge in [0.05, 0.1) is 0 Å². The molecule has 0 aliphatic heterocycles. The van der Waals surface area contributed by atoms with Crippen molar-refractivity contribution in [2.24, 2.45) is 4.99 Å². The lowest BCUT2D eigenvalue weighted by Gasteiger charge is -2.20. The Morgan fingerprint density at radius 2 is 2.04 bits per heavy atom. The summed E-state index contributed by atoms with van der Waals surface area (Å²) in [5.74, 6) is -0.640. The normalized spacial score (nSPS) is 13.3. The van der Waals surface area contributed by atoms with Gasteiger partial charge in [0.1, 0.15) is 29.1 Å². The minimum atomic E-state index is -0.751. The fourth-order valence-corrected chi connectivity index (χ4v) is 1.85. The first-order valence-corrected chi connectivity index (χ1v) is 7.90. The highest BCUT2D eigenvalue weighted by Crippen LogP contribution is 2.19. The van der Waals surface area contributed by atoms with Gasteiger partial charge in [0.15, 0.2) is 0 Å². The average molecular weight is 356 g/mol. The summed E-state index contributed by atoms with van der Waals surface area (Å²) in [7, 11) is 1.77. The Labute approximate surface area is 155 Å². The van der Waals surface area contributed by atoms with Crippen molar-refractivity contribution in [3.63, 3.8) is 0 Å². The second-order valence-corrected chi connectivity index (χ2v) is 5.09. The second-order valence-electron chi connectivity index (χ2n) is 5.09. The van der Waals surface area contributed by atoms with Crippen LogP contribution in [-0.2, 0) is 4.74 Å². The van der Waals surface area contributed by atoms with E-state index in [-0.39, 0.29) is 17.2 Å². The Kier molecular flexibility index (Phi) is 9.97. The van der Waals surface area contributed by atoms with Crippen LogP contribution in [0.1, 0.15) is 20.8 Å². The van der Waals surface area contributed by atoms with Crippen LogP contribution in [0.15, 0.2) is 77.5 Å². The molecular weight excluding hydrogens is 331 g/mol. The van der Waals surface area contributed by atoms with Crippen molar-refractivity contribution in [2.75, 3.05) is 13.6 Å². The molecule has 0 aromatic heterocycles. The maximum absolute atomic E-state index is 13.8. The third-order valence-corrected chi connectivity index (χ3v) is 3.15. The van der Waals surface area contributed by atoms with Gasteiger partial charge in [0, 0.05) is 25.2 Å². The quantitative estimate of drug-likeness (QED) is 0.223. The number of halogens is 1. The van der Waals surface area contributed by atoms with Crippen molar-refractivity contribution in [1.29, 1.82) is 10.7 Å². The van der Waals surface area contributed by atoms with Gasteiger partial charge in [-0.15, -0.1) is 0 Å². The van der Waals surface area contributed by atoms with E-state index in [0.717, 1.165) is 6.08 Å². The molecule has 0 unspecified atom stereocenters. The Balaban J connectivity index is 6.03. The van der Waals surface area contributed by atoms with E-state index in [2.05, 4.69) is 24.7 Å². The van der Waals surface area contributed by atoms with Crippen molar-refractivity contribution in [3.05, 3.63) is 72.5 Å². The predicted octanol–water partition coefficient (Wildman–Crippen LogP) is 4.81. The smallest absolute Gasteiger partial charge is 0.212 e. The van der Waals surface area contributed by atoms with E-state index >= 15 is 0 Å². The van der Waals surface area contributed by atoms with E-state index in [1.807, 2.05) is 6.92 Å². The maximum atomic E-state index is 13.8. The molecule has 0 aliphatic carbocycles. The van der Waals surface area contributed by atoms with Crippen LogP contribution < -0.4 is 0 Å². The maximum Gasteiger partial charge on any atom is 0.212 e. The summed E-state index contributed by atoms with van der Waals surface area (Å²) >= 11 is 0. The molecule has 0 fully saturated rings. The zero-order valence-corrected chi connectivity index (χ0v) is 15.8. The highest BCUT2D eigenvalue weighted by molar-refractivity contribution is 6.07. The molecule has 0 rings (SSSR count). The lowest BCUT2D eigenvalue weighted by molar-refractivity contribution is 0.427. The van der Waals surface area contributed by atoms with Gasteiger partial charge in [-0.3, -0.25) is 10.4 Å². The summed E-state index contributed by atoms with van der Waals surface area (Å²) in [4.78, 5) is 6.09. The Hall–Kier alpha value is -3.20. The molecule has 0 aromatic carbocycles. The first-order valence-electron chi connectivity index (χ1n) is 7.90. The van der Waals surface area contributed by atoms with Gasteiger partial charge in [-0.05, 0) is 38.6 Å². The number of hydrogen-bond acceptors (Lipinski definition) is 4. The summed E-state index contributed by atoms with van der Waals surface area (Å²) < 4.78 is 19.1. The third kappa shape index (κ3) is 6.36. The van der Waals surface area contributed by atoms with Gasteiger partial charge in [0.2, 0.25) is 5.90 Å². The number of nitrogens with zero attached hydrogens (tertiary/aromatic N) is 3. The molecule has 0 bridgehead atoms. The van der Waals surface area contributed by atoms with E-state index in [4.69, 9.17) is 15.4 Å². The predicted molar refractivity (Wildman–Crippen MR) is 105 cm³/mol. The minimum Gasteiger partial charge on any atom is -0.438 e. The third-order valence-electron chi connectivity index (χ3n) is 3.15. The molecule has 0 saturated carbocycles. The first-order chi connectivity index (χ1) is 12.3. The van der Waals surface area contributed by atoms with Crippen molar-refractivity contribution in [3.8, 4) is 6.07 Å². The molecule has 138 valence electrons. The average Bonchev–Trinajstić information content (AvgIpc) is 2.62. The van der Waals surface area contributed by atoms with Crippen LogP contribution in [0, 0.1) is 16.7 Å². The van der Waals surface area contributed by atoms with Gasteiger partial charge in [-0.1, -0.05) is 25.8 Å². The van der Waals surface area contributed by atoms with Crippen LogP contribution in [0.2, 0.25) is 0 Å². The summed E-state index contributed by atoms with van der Waals surface area (Å²) in [6, 6.07) is 1.72. The Morgan fingerprint density at radius 3 is 2.42 bits per heavy atom. The summed E-state index contributed by atoms with van der Waals surface area (Å²) in [5, 5.41) is 17.2. The number of amidine groups is 1. The van der Waals surface area contributed by atoms with Crippen molar-refractivity contribution in [1.82, 2.24) is 4.90 Å². The Bertz CT molecular complexity index is 748. The molecule has 0 radical (unpaired) electrons. The zero-order valence-electron chi connectivity index (χ0n) is 15.8. The SMILES string of the molecule is C=C/C(OC(=N)/C=C(\C(=C)C)C(=NCC)N(C)C=C)=C(C#N)\C(F)=C/C. The van der Waals surface area contributed by atoms with E-state index in [1.165, 1.54) is 19.1 Å². The zero-order chi connectivity index (χ0) is 20.3. The molecule has 0 saturated heterocycles. The number of nitrogens with one attached hydrogen (secondary N) is 1. The van der Waals surface area contributed by atoms with E-state index < -0.39 is 5.83 Å². The standard InChI is InChI=1S/C20H25FN4O/c1-8-17(21)16(13-22)18(9-2)26-19(23)12-15(14(5)6)20(24-10-3)25(7)11-4/h8-9,11-12,23H,2,4-5,10H2,1,3,6-7H3/b15-12+,17-8+,18-16+,23-19?,24-20?. The summed E-state index contributed by atoms with van der Waals surface area (Å²) in [6.45, 7) is 16.8.